The Morgan fingerprint density at radius 3 is 0.765 bits per heavy atom. The quantitative estimate of drug-likeness (QED) is 0.439. The Labute approximate surface area is 109 Å². The summed E-state index contributed by atoms with van der Waals surface area (Å²) < 4.78 is 0. The van der Waals surface area contributed by atoms with E-state index in [-0.39, 0.29) is 40.1 Å². The molecule has 0 aromatic heterocycles. The predicted octanol–water partition coefficient (Wildman–Crippen LogP) is 2.19. The van der Waals surface area contributed by atoms with E-state index in [1.54, 1.807) is 24.3 Å². The minimum Gasteiger partial charge on any atom is -0.504 e. The standard InChI is InChI=1S/2C6H6O2.Fe/c2*7-5-3-1-2-4-6(5)8;/h2*1-4,7-8H;. The zero-order valence-corrected chi connectivity index (χ0v) is 9.87. The van der Waals surface area contributed by atoms with Crippen molar-refractivity contribution < 1.29 is 37.5 Å². The summed E-state index contributed by atoms with van der Waals surface area (Å²) in [4.78, 5) is 0. The van der Waals surface area contributed by atoms with E-state index in [0.717, 1.165) is 0 Å². The number of para-hydroxylation sites is 4. The Morgan fingerprint density at radius 2 is 0.647 bits per heavy atom. The zero-order chi connectivity index (χ0) is 12.0. The van der Waals surface area contributed by atoms with Crippen molar-refractivity contribution >= 4 is 0 Å². The van der Waals surface area contributed by atoms with E-state index in [2.05, 4.69) is 0 Å². The second-order valence-corrected chi connectivity index (χ2v) is 2.98. The molecule has 0 unspecified atom stereocenters. The summed E-state index contributed by atoms with van der Waals surface area (Å²) in [6.07, 6.45) is 0. The molecule has 5 heteroatoms. The summed E-state index contributed by atoms with van der Waals surface area (Å²) in [5, 5.41) is 34.7. The van der Waals surface area contributed by atoms with Crippen LogP contribution in [0.2, 0.25) is 0 Å². The van der Waals surface area contributed by atoms with Gasteiger partial charge in [0.05, 0.1) is 0 Å². The first kappa shape index (κ1) is 15.2. The molecule has 2 aromatic rings. The summed E-state index contributed by atoms with van der Waals surface area (Å²) in [5.41, 5.74) is 0. The molecule has 0 saturated heterocycles. The molecule has 0 fully saturated rings. The van der Waals surface area contributed by atoms with Gasteiger partial charge in [-0.05, 0) is 24.3 Å². The van der Waals surface area contributed by atoms with Gasteiger partial charge in [0, 0.05) is 17.1 Å². The normalized spacial score (nSPS) is 8.47. The minimum atomic E-state index is -0.0764. The van der Waals surface area contributed by atoms with E-state index in [0.29, 0.717) is 0 Å². The molecule has 0 radical (unpaired) electrons. The molecule has 17 heavy (non-hydrogen) atoms. The Morgan fingerprint density at radius 1 is 0.471 bits per heavy atom. The maximum absolute atomic E-state index is 8.67. The van der Waals surface area contributed by atoms with Crippen LogP contribution in [0.5, 0.6) is 23.0 Å². The first-order valence-electron chi connectivity index (χ1n) is 4.55. The maximum Gasteiger partial charge on any atom is 0.157 e. The summed E-state index contributed by atoms with van der Waals surface area (Å²) in [5.74, 6) is -0.306. The molecule has 0 aliphatic heterocycles. The smallest absolute Gasteiger partial charge is 0.157 e. The third-order valence-electron chi connectivity index (χ3n) is 1.76. The van der Waals surface area contributed by atoms with Gasteiger partial charge in [-0.15, -0.1) is 0 Å². The molecule has 4 N–H and O–H groups in total. The van der Waals surface area contributed by atoms with Gasteiger partial charge in [0.1, 0.15) is 0 Å². The SMILES string of the molecule is Oc1ccccc1O.Oc1ccccc1O.[Fe]. The summed E-state index contributed by atoms with van der Waals surface area (Å²) >= 11 is 0. The van der Waals surface area contributed by atoms with E-state index < -0.39 is 0 Å². The molecule has 0 atom stereocenters. The molecule has 0 aliphatic carbocycles. The average molecular weight is 276 g/mol. The summed E-state index contributed by atoms with van der Waals surface area (Å²) in [7, 11) is 0. The van der Waals surface area contributed by atoms with Gasteiger partial charge in [0.25, 0.3) is 0 Å². The van der Waals surface area contributed by atoms with Gasteiger partial charge in [-0.2, -0.15) is 0 Å². The van der Waals surface area contributed by atoms with Crippen LogP contribution in [-0.4, -0.2) is 20.4 Å². The monoisotopic (exact) mass is 276 g/mol. The molecule has 2 rings (SSSR count). The van der Waals surface area contributed by atoms with Crippen molar-refractivity contribution in [3.63, 3.8) is 0 Å². The summed E-state index contributed by atoms with van der Waals surface area (Å²) in [6.45, 7) is 0. The number of phenols is 4. The molecule has 0 spiro atoms. The third kappa shape index (κ3) is 5.15. The van der Waals surface area contributed by atoms with E-state index in [9.17, 15) is 0 Å². The number of benzene rings is 2. The third-order valence-corrected chi connectivity index (χ3v) is 1.76. The van der Waals surface area contributed by atoms with E-state index in [4.69, 9.17) is 20.4 Å². The molecule has 4 nitrogen and oxygen atoms in total. The maximum atomic E-state index is 8.67. The van der Waals surface area contributed by atoms with Gasteiger partial charge in [0.15, 0.2) is 23.0 Å². The zero-order valence-electron chi connectivity index (χ0n) is 8.76. The van der Waals surface area contributed by atoms with Crippen LogP contribution < -0.4 is 0 Å². The number of aromatic hydroxyl groups is 4. The number of phenolic OH excluding ortho intramolecular Hbond substituents is 4. The summed E-state index contributed by atoms with van der Waals surface area (Å²) in [6, 6.07) is 12.3. The molecular weight excluding hydrogens is 264 g/mol. The van der Waals surface area contributed by atoms with Crippen molar-refractivity contribution in [2.75, 3.05) is 0 Å². The van der Waals surface area contributed by atoms with Crippen molar-refractivity contribution in [1.29, 1.82) is 0 Å². The van der Waals surface area contributed by atoms with Crippen LogP contribution in [0.25, 0.3) is 0 Å². The molecular formula is C12H12FeO4. The van der Waals surface area contributed by atoms with Crippen LogP contribution in [0.3, 0.4) is 0 Å². The second kappa shape index (κ2) is 7.44. The molecule has 0 heterocycles. The average Bonchev–Trinajstić information content (AvgIpc) is 2.28. The van der Waals surface area contributed by atoms with Crippen LogP contribution >= 0.6 is 0 Å². The van der Waals surface area contributed by atoms with Gasteiger partial charge in [-0.1, -0.05) is 24.3 Å². The minimum absolute atomic E-state index is 0. The Bertz CT molecular complexity index is 374. The molecule has 0 bridgehead atoms. The molecule has 0 amide bonds. The fraction of sp³-hybridized carbons (Fsp3) is 0. The predicted molar refractivity (Wildman–Crippen MR) is 59.5 cm³/mol. The Hall–Kier alpha value is -1.84. The second-order valence-electron chi connectivity index (χ2n) is 2.98. The van der Waals surface area contributed by atoms with Crippen LogP contribution in [0, 0.1) is 0 Å². The first-order valence-corrected chi connectivity index (χ1v) is 4.55. The van der Waals surface area contributed by atoms with Crippen molar-refractivity contribution in [3.05, 3.63) is 48.5 Å². The first-order chi connectivity index (χ1) is 7.61. The van der Waals surface area contributed by atoms with Crippen molar-refractivity contribution in [2.24, 2.45) is 0 Å². The van der Waals surface area contributed by atoms with Crippen LogP contribution in [0.4, 0.5) is 0 Å². The van der Waals surface area contributed by atoms with Gasteiger partial charge < -0.3 is 20.4 Å². The number of rotatable bonds is 0. The van der Waals surface area contributed by atoms with Gasteiger partial charge in [-0.25, -0.2) is 0 Å². The van der Waals surface area contributed by atoms with Crippen LogP contribution in [0.15, 0.2) is 48.5 Å². The Balaban J connectivity index is 0.000000284. The van der Waals surface area contributed by atoms with Crippen molar-refractivity contribution in [2.45, 2.75) is 0 Å². The largest absolute Gasteiger partial charge is 0.504 e. The molecule has 0 aliphatic rings. The van der Waals surface area contributed by atoms with Gasteiger partial charge in [0.2, 0.25) is 0 Å². The number of hydrogen-bond acceptors (Lipinski definition) is 4. The van der Waals surface area contributed by atoms with Gasteiger partial charge >= 0.3 is 0 Å². The number of hydrogen-bond donors (Lipinski definition) is 4. The van der Waals surface area contributed by atoms with Crippen LogP contribution in [0.1, 0.15) is 0 Å². The molecule has 0 saturated carbocycles. The van der Waals surface area contributed by atoms with E-state index >= 15 is 0 Å². The fourth-order valence-corrected chi connectivity index (χ4v) is 0.928. The molecule has 92 valence electrons. The van der Waals surface area contributed by atoms with Crippen molar-refractivity contribution in [3.8, 4) is 23.0 Å². The Kier molecular flexibility index (Phi) is 6.63. The van der Waals surface area contributed by atoms with Crippen LogP contribution in [-0.2, 0) is 17.1 Å². The van der Waals surface area contributed by atoms with Gasteiger partial charge in [-0.3, -0.25) is 0 Å². The van der Waals surface area contributed by atoms with E-state index in [1.165, 1.54) is 24.3 Å². The topological polar surface area (TPSA) is 80.9 Å². The van der Waals surface area contributed by atoms with E-state index in [1.807, 2.05) is 0 Å². The van der Waals surface area contributed by atoms with Crippen molar-refractivity contribution in [1.82, 2.24) is 0 Å². The molecule has 2 aromatic carbocycles. The fourth-order valence-electron chi connectivity index (χ4n) is 0.928.